The number of rotatable bonds is 10. The molecule has 0 radical (unpaired) electrons. The van der Waals surface area contributed by atoms with Gasteiger partial charge >= 0.3 is 0 Å². The van der Waals surface area contributed by atoms with Gasteiger partial charge in [0.05, 0.1) is 13.1 Å². The summed E-state index contributed by atoms with van der Waals surface area (Å²) in [7, 11) is 0. The summed E-state index contributed by atoms with van der Waals surface area (Å²) in [6.07, 6.45) is 2.91. The van der Waals surface area contributed by atoms with Gasteiger partial charge in [-0.25, -0.2) is 4.98 Å². The second kappa shape index (κ2) is 13.1. The number of carbonyl (C=O) groups is 2. The number of hydrogen-bond donors (Lipinski definition) is 0. The van der Waals surface area contributed by atoms with Gasteiger partial charge in [-0.2, -0.15) is 0 Å². The molecule has 2 aromatic carbocycles. The van der Waals surface area contributed by atoms with E-state index in [0.29, 0.717) is 38.4 Å². The summed E-state index contributed by atoms with van der Waals surface area (Å²) in [5.74, 6) is 0.0613. The second-order valence-corrected chi connectivity index (χ2v) is 11.3. The molecule has 0 unspecified atom stereocenters. The highest BCUT2D eigenvalue weighted by molar-refractivity contribution is 7.09. The monoisotopic (exact) mass is 555 g/mol. The Morgan fingerprint density at radius 1 is 0.925 bits per heavy atom. The van der Waals surface area contributed by atoms with Crippen LogP contribution in [0.25, 0.3) is 0 Å². The Morgan fingerprint density at radius 2 is 1.68 bits per heavy atom. The minimum Gasteiger partial charge on any atom is -0.343 e. The number of aryl methyl sites for hydroxylation is 1. The Bertz CT molecular complexity index is 1420. The molecular weight excluding hydrogens is 518 g/mol. The lowest BCUT2D eigenvalue weighted by atomic mass is 10.1. The van der Waals surface area contributed by atoms with Crippen LogP contribution in [0.1, 0.15) is 56.0 Å². The highest BCUT2D eigenvalue weighted by Gasteiger charge is 2.24. The predicted molar refractivity (Wildman–Crippen MR) is 159 cm³/mol. The van der Waals surface area contributed by atoms with Crippen molar-refractivity contribution in [3.8, 4) is 0 Å². The molecule has 40 heavy (non-hydrogen) atoms. The number of nitrogens with zero attached hydrogens (tertiary/aromatic N) is 5. The van der Waals surface area contributed by atoms with Crippen molar-refractivity contribution in [2.45, 2.75) is 39.9 Å². The third-order valence-electron chi connectivity index (χ3n) is 7.42. The quantitative estimate of drug-likeness (QED) is 0.266. The number of thiazole rings is 1. The van der Waals surface area contributed by atoms with Crippen molar-refractivity contribution in [3.05, 3.63) is 111 Å². The van der Waals surface area contributed by atoms with Crippen molar-refractivity contribution in [1.82, 2.24) is 24.3 Å². The SMILES string of the molecule is CCCN(Cc1cccn1Cc1nc(C(=O)N2CCN(Cc3ccccc3)CC2)cs1)C(=O)c1ccccc1C. The Hall–Kier alpha value is -3.75. The lowest BCUT2D eigenvalue weighted by Crippen LogP contribution is -2.48. The molecule has 0 atom stereocenters. The number of benzene rings is 2. The average molecular weight is 556 g/mol. The van der Waals surface area contributed by atoms with Gasteiger partial charge < -0.3 is 14.4 Å². The molecular formula is C32H37N5O2S. The number of carbonyl (C=O) groups excluding carboxylic acids is 2. The Balaban J connectivity index is 1.19. The zero-order chi connectivity index (χ0) is 27.9. The topological polar surface area (TPSA) is 61.7 Å². The molecule has 4 aromatic rings. The molecule has 0 aliphatic carbocycles. The van der Waals surface area contributed by atoms with Crippen LogP contribution in [0.15, 0.2) is 78.3 Å². The number of amides is 2. The maximum absolute atomic E-state index is 13.4. The van der Waals surface area contributed by atoms with Gasteiger partial charge in [0, 0.05) is 62.1 Å². The van der Waals surface area contributed by atoms with E-state index < -0.39 is 0 Å². The zero-order valence-electron chi connectivity index (χ0n) is 23.3. The van der Waals surface area contributed by atoms with Crippen molar-refractivity contribution >= 4 is 23.2 Å². The summed E-state index contributed by atoms with van der Waals surface area (Å²) < 4.78 is 2.13. The third-order valence-corrected chi connectivity index (χ3v) is 8.25. The van der Waals surface area contributed by atoms with Gasteiger partial charge in [-0.05, 0) is 42.7 Å². The van der Waals surface area contributed by atoms with Crippen LogP contribution in [0.2, 0.25) is 0 Å². The van der Waals surface area contributed by atoms with E-state index in [1.807, 2.05) is 64.7 Å². The molecule has 8 heteroatoms. The van der Waals surface area contributed by atoms with Crippen LogP contribution in [0.3, 0.4) is 0 Å². The molecule has 0 spiro atoms. The van der Waals surface area contributed by atoms with Gasteiger partial charge in [-0.3, -0.25) is 14.5 Å². The van der Waals surface area contributed by atoms with Gasteiger partial charge in [0.15, 0.2) is 0 Å². The smallest absolute Gasteiger partial charge is 0.273 e. The van der Waals surface area contributed by atoms with Crippen LogP contribution in [-0.4, -0.2) is 68.8 Å². The van der Waals surface area contributed by atoms with Crippen LogP contribution in [-0.2, 0) is 19.6 Å². The first-order valence-electron chi connectivity index (χ1n) is 14.0. The first kappa shape index (κ1) is 27.8. The molecule has 1 aliphatic rings. The van der Waals surface area contributed by atoms with Crippen molar-refractivity contribution in [3.63, 3.8) is 0 Å². The highest BCUT2D eigenvalue weighted by Crippen LogP contribution is 2.19. The van der Waals surface area contributed by atoms with Gasteiger partial charge in [-0.1, -0.05) is 55.5 Å². The van der Waals surface area contributed by atoms with E-state index >= 15 is 0 Å². The molecule has 2 amide bonds. The number of hydrogen-bond acceptors (Lipinski definition) is 5. The van der Waals surface area contributed by atoms with Gasteiger partial charge in [-0.15, -0.1) is 11.3 Å². The van der Waals surface area contributed by atoms with Crippen molar-refractivity contribution in [2.75, 3.05) is 32.7 Å². The second-order valence-electron chi connectivity index (χ2n) is 10.3. The van der Waals surface area contributed by atoms with Crippen LogP contribution >= 0.6 is 11.3 Å². The van der Waals surface area contributed by atoms with Crippen LogP contribution in [0.4, 0.5) is 0 Å². The van der Waals surface area contributed by atoms with E-state index in [2.05, 4.69) is 46.7 Å². The Kier molecular flexibility index (Phi) is 9.08. The molecule has 7 nitrogen and oxygen atoms in total. The fourth-order valence-electron chi connectivity index (χ4n) is 5.19. The molecule has 0 N–H and O–H groups in total. The van der Waals surface area contributed by atoms with Gasteiger partial charge in [0.2, 0.25) is 0 Å². The van der Waals surface area contributed by atoms with E-state index in [-0.39, 0.29) is 11.8 Å². The van der Waals surface area contributed by atoms with Gasteiger partial charge in [0.1, 0.15) is 10.7 Å². The van der Waals surface area contributed by atoms with Gasteiger partial charge in [0.25, 0.3) is 11.8 Å². The Labute approximate surface area is 240 Å². The maximum Gasteiger partial charge on any atom is 0.273 e. The third kappa shape index (κ3) is 6.69. The molecule has 1 aliphatic heterocycles. The number of aromatic nitrogens is 2. The normalized spacial score (nSPS) is 13.9. The van der Waals surface area contributed by atoms with E-state index in [9.17, 15) is 9.59 Å². The predicted octanol–water partition coefficient (Wildman–Crippen LogP) is 5.31. The minimum atomic E-state index is 0.00698. The maximum atomic E-state index is 13.4. The lowest BCUT2D eigenvalue weighted by Gasteiger charge is -2.34. The minimum absolute atomic E-state index is 0.00698. The van der Waals surface area contributed by atoms with Crippen molar-refractivity contribution in [2.24, 2.45) is 0 Å². The highest BCUT2D eigenvalue weighted by atomic mass is 32.1. The summed E-state index contributed by atoms with van der Waals surface area (Å²) in [5, 5.41) is 2.76. The molecule has 1 saturated heterocycles. The van der Waals surface area contributed by atoms with Crippen LogP contribution < -0.4 is 0 Å². The summed E-state index contributed by atoms with van der Waals surface area (Å²) in [4.78, 5) is 37.5. The molecule has 208 valence electrons. The van der Waals surface area contributed by atoms with E-state index in [1.165, 1.54) is 16.9 Å². The summed E-state index contributed by atoms with van der Waals surface area (Å²) in [5.41, 5.74) is 4.60. The first-order chi connectivity index (χ1) is 19.5. The van der Waals surface area contributed by atoms with E-state index in [4.69, 9.17) is 4.98 Å². The first-order valence-corrected chi connectivity index (χ1v) is 14.9. The fourth-order valence-corrected chi connectivity index (χ4v) is 5.95. The fraction of sp³-hybridized carbons (Fsp3) is 0.344. The molecule has 1 fully saturated rings. The lowest BCUT2D eigenvalue weighted by molar-refractivity contribution is 0.0623. The van der Waals surface area contributed by atoms with Crippen molar-refractivity contribution in [1.29, 1.82) is 0 Å². The number of piperazine rings is 1. The summed E-state index contributed by atoms with van der Waals surface area (Å²) >= 11 is 1.52. The van der Waals surface area contributed by atoms with E-state index in [1.54, 1.807) is 0 Å². The zero-order valence-corrected chi connectivity index (χ0v) is 24.1. The Morgan fingerprint density at radius 3 is 2.42 bits per heavy atom. The summed E-state index contributed by atoms with van der Waals surface area (Å²) in [6, 6.07) is 22.3. The van der Waals surface area contributed by atoms with Crippen LogP contribution in [0.5, 0.6) is 0 Å². The molecule has 5 rings (SSSR count). The van der Waals surface area contributed by atoms with Crippen molar-refractivity contribution < 1.29 is 9.59 Å². The standard InChI is InChI=1S/C32H37N5O2S/c1-3-15-37(31(38)28-14-8-7-10-25(28)2)22-27-13-9-16-36(27)23-30-33-29(24-40-30)32(39)35-19-17-34(18-20-35)21-26-11-5-4-6-12-26/h4-14,16,24H,3,15,17-23H2,1-2H3. The summed E-state index contributed by atoms with van der Waals surface area (Å²) in [6.45, 7) is 9.91. The molecule has 0 bridgehead atoms. The van der Waals surface area contributed by atoms with Crippen LogP contribution in [0, 0.1) is 6.92 Å². The largest absolute Gasteiger partial charge is 0.343 e. The molecule has 2 aromatic heterocycles. The van der Waals surface area contributed by atoms with E-state index in [0.717, 1.165) is 47.9 Å². The molecule has 0 saturated carbocycles. The molecule has 3 heterocycles. The average Bonchev–Trinajstić information content (AvgIpc) is 3.63.